The fourth-order valence-corrected chi connectivity index (χ4v) is 2.76. The Morgan fingerprint density at radius 1 is 0.931 bits per heavy atom. The van der Waals surface area contributed by atoms with Crippen LogP contribution < -0.4 is 5.32 Å². The number of amides is 2. The Bertz CT molecular complexity index is 872. The molecule has 0 bridgehead atoms. The van der Waals surface area contributed by atoms with E-state index >= 15 is 0 Å². The number of furan rings is 2. The summed E-state index contributed by atoms with van der Waals surface area (Å²) in [7, 11) is 1.56. The molecule has 1 N–H and O–H groups in total. The molecule has 0 unspecified atom stereocenters. The lowest BCUT2D eigenvalue weighted by molar-refractivity contribution is -0.134. The second kappa shape index (κ2) is 9.70. The molecular weight excluding hydrogens is 377 g/mol. The SMILES string of the molecule is CN(CC(=O)Nc1ccc(F)cc1)C(=O)CN(Cc1ccco1)Cc1ccco1. The van der Waals surface area contributed by atoms with E-state index in [1.54, 1.807) is 31.7 Å². The summed E-state index contributed by atoms with van der Waals surface area (Å²) in [5, 5.41) is 2.64. The summed E-state index contributed by atoms with van der Waals surface area (Å²) in [6, 6.07) is 12.7. The first kappa shape index (κ1) is 20.3. The summed E-state index contributed by atoms with van der Waals surface area (Å²) >= 11 is 0. The molecule has 7 nitrogen and oxygen atoms in total. The smallest absolute Gasteiger partial charge is 0.243 e. The predicted molar refractivity (Wildman–Crippen MR) is 104 cm³/mol. The monoisotopic (exact) mass is 399 g/mol. The number of nitrogens with zero attached hydrogens (tertiary/aromatic N) is 2. The largest absolute Gasteiger partial charge is 0.468 e. The van der Waals surface area contributed by atoms with Crippen LogP contribution in [0.3, 0.4) is 0 Å². The first-order chi connectivity index (χ1) is 14.0. The van der Waals surface area contributed by atoms with E-state index in [9.17, 15) is 14.0 Å². The van der Waals surface area contributed by atoms with Gasteiger partial charge in [0.25, 0.3) is 0 Å². The molecule has 0 saturated carbocycles. The van der Waals surface area contributed by atoms with Gasteiger partial charge >= 0.3 is 0 Å². The molecule has 0 saturated heterocycles. The molecular formula is C21H22FN3O4. The third-order valence-electron chi connectivity index (χ3n) is 4.21. The Morgan fingerprint density at radius 3 is 2.03 bits per heavy atom. The van der Waals surface area contributed by atoms with Gasteiger partial charge in [-0.05, 0) is 48.5 Å². The van der Waals surface area contributed by atoms with Crippen molar-refractivity contribution < 1.29 is 22.8 Å². The van der Waals surface area contributed by atoms with E-state index in [1.165, 1.54) is 29.2 Å². The van der Waals surface area contributed by atoms with Crippen molar-refractivity contribution in [3.05, 3.63) is 78.4 Å². The van der Waals surface area contributed by atoms with Crippen LogP contribution in [-0.2, 0) is 22.7 Å². The van der Waals surface area contributed by atoms with Crippen molar-refractivity contribution in [1.82, 2.24) is 9.80 Å². The van der Waals surface area contributed by atoms with E-state index in [0.717, 1.165) is 11.5 Å². The van der Waals surface area contributed by atoms with Crippen molar-refractivity contribution in [3.8, 4) is 0 Å². The van der Waals surface area contributed by atoms with Crippen molar-refractivity contribution in [2.45, 2.75) is 13.1 Å². The van der Waals surface area contributed by atoms with Crippen molar-refractivity contribution in [3.63, 3.8) is 0 Å². The maximum atomic E-state index is 12.9. The maximum absolute atomic E-state index is 12.9. The zero-order valence-corrected chi connectivity index (χ0v) is 16.0. The van der Waals surface area contributed by atoms with Crippen LogP contribution in [0.4, 0.5) is 10.1 Å². The van der Waals surface area contributed by atoms with Crippen LogP contribution in [0.5, 0.6) is 0 Å². The number of hydrogen-bond donors (Lipinski definition) is 1. The lowest BCUT2D eigenvalue weighted by Crippen LogP contribution is -2.41. The molecule has 1 aromatic carbocycles. The van der Waals surface area contributed by atoms with Crippen molar-refractivity contribution in [2.75, 3.05) is 25.5 Å². The molecule has 3 rings (SSSR count). The molecule has 0 radical (unpaired) electrons. The normalized spacial score (nSPS) is 10.9. The van der Waals surface area contributed by atoms with E-state index in [-0.39, 0.29) is 30.7 Å². The molecule has 8 heteroatoms. The van der Waals surface area contributed by atoms with Crippen LogP contribution in [0.25, 0.3) is 0 Å². The van der Waals surface area contributed by atoms with Gasteiger partial charge in [0.05, 0.1) is 38.7 Å². The molecule has 2 amide bonds. The number of carbonyl (C=O) groups excluding carboxylic acids is 2. The minimum Gasteiger partial charge on any atom is -0.468 e. The first-order valence-corrected chi connectivity index (χ1v) is 9.06. The lowest BCUT2D eigenvalue weighted by Gasteiger charge is -2.23. The van der Waals surface area contributed by atoms with E-state index in [4.69, 9.17) is 8.83 Å². The van der Waals surface area contributed by atoms with Gasteiger partial charge in [-0.15, -0.1) is 0 Å². The third kappa shape index (κ3) is 6.32. The van der Waals surface area contributed by atoms with Crippen molar-refractivity contribution in [1.29, 1.82) is 0 Å². The van der Waals surface area contributed by atoms with Crippen LogP contribution >= 0.6 is 0 Å². The highest BCUT2D eigenvalue weighted by Crippen LogP contribution is 2.12. The molecule has 2 heterocycles. The average Bonchev–Trinajstić information content (AvgIpc) is 3.37. The van der Waals surface area contributed by atoms with Crippen molar-refractivity contribution >= 4 is 17.5 Å². The highest BCUT2D eigenvalue weighted by Gasteiger charge is 2.19. The Kier molecular flexibility index (Phi) is 6.80. The number of hydrogen-bond acceptors (Lipinski definition) is 5. The number of halogens is 1. The van der Waals surface area contributed by atoms with Gasteiger partial charge in [-0.2, -0.15) is 0 Å². The van der Waals surface area contributed by atoms with E-state index in [2.05, 4.69) is 5.32 Å². The van der Waals surface area contributed by atoms with Gasteiger partial charge in [-0.3, -0.25) is 14.5 Å². The Labute approximate surface area is 167 Å². The van der Waals surface area contributed by atoms with Crippen LogP contribution in [0.2, 0.25) is 0 Å². The molecule has 0 aliphatic rings. The van der Waals surface area contributed by atoms with Crippen LogP contribution in [0.1, 0.15) is 11.5 Å². The van der Waals surface area contributed by atoms with E-state index < -0.39 is 0 Å². The minimum absolute atomic E-state index is 0.0850. The highest BCUT2D eigenvalue weighted by molar-refractivity contribution is 5.94. The van der Waals surface area contributed by atoms with Gasteiger partial charge in [-0.25, -0.2) is 4.39 Å². The molecule has 2 aromatic heterocycles. The van der Waals surface area contributed by atoms with Crippen LogP contribution in [-0.4, -0.2) is 41.8 Å². The first-order valence-electron chi connectivity index (χ1n) is 9.06. The number of nitrogens with one attached hydrogen (secondary N) is 1. The number of anilines is 1. The second-order valence-corrected chi connectivity index (χ2v) is 6.61. The summed E-state index contributed by atoms with van der Waals surface area (Å²) in [5.41, 5.74) is 0.467. The number of likely N-dealkylation sites (N-methyl/N-ethyl adjacent to an activating group) is 1. The average molecular weight is 399 g/mol. The number of benzene rings is 1. The summed E-state index contributed by atoms with van der Waals surface area (Å²) in [6.07, 6.45) is 3.16. The summed E-state index contributed by atoms with van der Waals surface area (Å²) in [4.78, 5) is 28.0. The summed E-state index contributed by atoms with van der Waals surface area (Å²) in [5.74, 6) is 0.471. The second-order valence-electron chi connectivity index (χ2n) is 6.61. The quantitative estimate of drug-likeness (QED) is 0.598. The Balaban J connectivity index is 1.55. The zero-order valence-electron chi connectivity index (χ0n) is 16.0. The summed E-state index contributed by atoms with van der Waals surface area (Å²) < 4.78 is 23.7. The van der Waals surface area contributed by atoms with Gasteiger partial charge < -0.3 is 19.1 Å². The van der Waals surface area contributed by atoms with Gasteiger partial charge in [0.2, 0.25) is 11.8 Å². The standard InChI is InChI=1S/C21H22FN3O4/c1-24(14-20(26)23-17-8-6-16(22)7-9-17)21(27)15-25(12-18-4-2-10-28-18)13-19-5-3-11-29-19/h2-11H,12-15H2,1H3,(H,23,26). The molecule has 0 atom stereocenters. The van der Waals surface area contributed by atoms with Crippen LogP contribution in [0.15, 0.2) is 69.9 Å². The van der Waals surface area contributed by atoms with E-state index in [0.29, 0.717) is 18.8 Å². The Morgan fingerprint density at radius 2 is 1.52 bits per heavy atom. The van der Waals surface area contributed by atoms with Gasteiger partial charge in [0.15, 0.2) is 0 Å². The fraction of sp³-hybridized carbons (Fsp3) is 0.238. The minimum atomic E-state index is -0.386. The number of carbonyl (C=O) groups is 2. The molecule has 0 aliphatic carbocycles. The van der Waals surface area contributed by atoms with Crippen molar-refractivity contribution in [2.24, 2.45) is 0 Å². The van der Waals surface area contributed by atoms with Gasteiger partial charge in [0, 0.05) is 12.7 Å². The molecule has 3 aromatic rings. The number of rotatable bonds is 9. The lowest BCUT2D eigenvalue weighted by atomic mass is 10.3. The molecule has 0 spiro atoms. The zero-order chi connectivity index (χ0) is 20.6. The molecule has 0 aliphatic heterocycles. The van der Waals surface area contributed by atoms with Crippen LogP contribution in [0, 0.1) is 5.82 Å². The molecule has 0 fully saturated rings. The maximum Gasteiger partial charge on any atom is 0.243 e. The Hall–Kier alpha value is -3.39. The predicted octanol–water partition coefficient (Wildman–Crippen LogP) is 3.11. The highest BCUT2D eigenvalue weighted by atomic mass is 19.1. The van der Waals surface area contributed by atoms with Gasteiger partial charge in [0.1, 0.15) is 17.3 Å². The molecule has 152 valence electrons. The summed E-state index contributed by atoms with van der Waals surface area (Å²) in [6.45, 7) is 0.817. The topological polar surface area (TPSA) is 78.9 Å². The molecule has 29 heavy (non-hydrogen) atoms. The fourth-order valence-electron chi connectivity index (χ4n) is 2.76. The third-order valence-corrected chi connectivity index (χ3v) is 4.21. The van der Waals surface area contributed by atoms with E-state index in [1.807, 2.05) is 17.0 Å². The van der Waals surface area contributed by atoms with Gasteiger partial charge in [-0.1, -0.05) is 0 Å².